The van der Waals surface area contributed by atoms with Crippen molar-refractivity contribution in [1.29, 1.82) is 0 Å². The topological polar surface area (TPSA) is 183 Å². The SMILES string of the molecule is CC(C)(O)CCCCNc1ccc(S(=O)(=O)NC(=O)c2ccc(N3CCN(CC4=C(c5ccc(Cl)cc5)CC(C)(C)CC4)CC3)cc2Oc2cnc3[nH]ccc3c2)cc1[N+](=O)[O-]. The molecule has 3 heterocycles. The van der Waals surface area contributed by atoms with Gasteiger partial charge < -0.3 is 25.0 Å². The number of aliphatic hydroxyl groups is 1. The highest BCUT2D eigenvalue weighted by atomic mass is 35.5. The van der Waals surface area contributed by atoms with E-state index in [9.17, 15) is 28.4 Å². The molecule has 1 aliphatic carbocycles. The zero-order valence-electron chi connectivity index (χ0n) is 35.5. The van der Waals surface area contributed by atoms with Crippen molar-refractivity contribution < 1.29 is 28.0 Å². The van der Waals surface area contributed by atoms with Gasteiger partial charge in [0.05, 0.1) is 27.2 Å². The number of allylic oxidation sites excluding steroid dienone is 1. The third-order valence-electron chi connectivity index (χ3n) is 11.6. The summed E-state index contributed by atoms with van der Waals surface area (Å²) in [5.74, 6) is -0.508. The number of sulfonamides is 1. The smallest absolute Gasteiger partial charge is 0.293 e. The minimum Gasteiger partial charge on any atom is -0.455 e. The molecule has 2 aliphatic rings. The Balaban J connectivity index is 1.08. The Bertz CT molecular complexity index is 2580. The van der Waals surface area contributed by atoms with Crippen molar-refractivity contribution in [2.24, 2.45) is 5.41 Å². The monoisotopic (exact) mass is 883 g/mol. The van der Waals surface area contributed by atoms with Crippen LogP contribution in [0.25, 0.3) is 16.6 Å². The number of anilines is 2. The van der Waals surface area contributed by atoms with Gasteiger partial charge in [-0.05, 0) is 117 Å². The first-order valence-corrected chi connectivity index (χ1v) is 22.8. The zero-order valence-corrected chi connectivity index (χ0v) is 37.1. The largest absolute Gasteiger partial charge is 0.455 e. The van der Waals surface area contributed by atoms with Crippen LogP contribution in [0.3, 0.4) is 0 Å². The number of ether oxygens (including phenoxy) is 1. The first-order chi connectivity index (χ1) is 29.4. The van der Waals surface area contributed by atoms with Crippen LogP contribution in [-0.2, 0) is 10.0 Å². The number of rotatable bonds is 16. The third-order valence-corrected chi connectivity index (χ3v) is 13.2. The molecule has 2 aromatic heterocycles. The van der Waals surface area contributed by atoms with E-state index in [1.165, 1.54) is 41.1 Å². The number of piperazine rings is 1. The summed E-state index contributed by atoms with van der Waals surface area (Å²) in [4.78, 5) is 37.0. The number of aromatic amines is 1. The number of hydrogen-bond donors (Lipinski definition) is 4. The number of nitrogens with zero attached hydrogens (tertiary/aromatic N) is 4. The molecule has 1 amide bonds. The van der Waals surface area contributed by atoms with Crippen molar-refractivity contribution in [2.75, 3.05) is 49.5 Å². The number of unbranched alkanes of at least 4 members (excludes halogenated alkanes) is 1. The van der Waals surface area contributed by atoms with Gasteiger partial charge in [-0.15, -0.1) is 0 Å². The first-order valence-electron chi connectivity index (χ1n) is 20.9. The highest BCUT2D eigenvalue weighted by molar-refractivity contribution is 7.90. The zero-order chi connectivity index (χ0) is 44.2. The molecular weight excluding hydrogens is 830 g/mol. The van der Waals surface area contributed by atoms with E-state index in [2.05, 4.69) is 55.8 Å². The van der Waals surface area contributed by atoms with E-state index < -0.39 is 37.0 Å². The number of carbonyl (C=O) groups excluding carboxylic acids is 1. The van der Waals surface area contributed by atoms with E-state index in [0.717, 1.165) is 74.1 Å². The average molecular weight is 884 g/mol. The molecule has 1 aliphatic heterocycles. The maximum atomic E-state index is 13.9. The number of amides is 1. The van der Waals surface area contributed by atoms with Gasteiger partial charge in [-0.2, -0.15) is 0 Å². The van der Waals surface area contributed by atoms with E-state index in [1.807, 2.05) is 18.2 Å². The standard InChI is InChI=1S/C46H54ClN7O7S/c1-45(2)18-15-33(39(28-45)31-7-9-34(47)10-8-31)30-52-21-23-53(24-22-52)35-11-13-38(42(26-35)61-36-25-32-16-20-49-43(32)50-29-36)44(55)51-62(59,60)37-12-14-40(41(27-37)54(57)58)48-19-6-5-17-46(3,4)56/h7-14,16,20,25-27,29,48,56H,5-6,15,17-19,21-24,28,30H2,1-4H3,(H,49,50)(H,51,55). The van der Waals surface area contributed by atoms with E-state index in [0.29, 0.717) is 37.2 Å². The van der Waals surface area contributed by atoms with Crippen molar-refractivity contribution in [3.63, 3.8) is 0 Å². The highest BCUT2D eigenvalue weighted by Crippen LogP contribution is 2.43. The Labute approximate surface area is 367 Å². The van der Waals surface area contributed by atoms with Crippen molar-refractivity contribution in [2.45, 2.75) is 76.7 Å². The van der Waals surface area contributed by atoms with Gasteiger partial charge in [-0.3, -0.25) is 19.8 Å². The molecule has 0 radical (unpaired) electrons. The molecule has 1 saturated heterocycles. The van der Waals surface area contributed by atoms with Crippen LogP contribution in [0, 0.1) is 15.5 Å². The van der Waals surface area contributed by atoms with E-state index in [4.69, 9.17) is 16.3 Å². The summed E-state index contributed by atoms with van der Waals surface area (Å²) in [5.41, 5.74) is 4.59. The number of aromatic nitrogens is 2. The normalized spacial score (nSPS) is 16.1. The van der Waals surface area contributed by atoms with Gasteiger partial charge in [0.15, 0.2) is 0 Å². The summed E-state index contributed by atoms with van der Waals surface area (Å²) in [7, 11) is -4.57. The molecule has 5 aromatic rings. The number of carbonyl (C=O) groups is 1. The molecule has 16 heteroatoms. The van der Waals surface area contributed by atoms with E-state index >= 15 is 0 Å². The molecule has 7 rings (SSSR count). The molecule has 0 unspecified atom stereocenters. The fourth-order valence-electron chi connectivity index (χ4n) is 8.10. The van der Waals surface area contributed by atoms with Crippen LogP contribution in [0.1, 0.15) is 82.1 Å². The van der Waals surface area contributed by atoms with Gasteiger partial charge in [0.1, 0.15) is 22.8 Å². The summed E-state index contributed by atoms with van der Waals surface area (Å²) in [6.45, 7) is 12.4. The van der Waals surface area contributed by atoms with Crippen LogP contribution in [0.4, 0.5) is 17.1 Å². The fraction of sp³-hybridized carbons (Fsp3) is 0.391. The number of fused-ring (bicyclic) bond motifs is 1. The summed E-state index contributed by atoms with van der Waals surface area (Å²) in [5, 5.41) is 26.5. The first kappa shape index (κ1) is 44.6. The van der Waals surface area contributed by atoms with Crippen molar-refractivity contribution >= 4 is 61.2 Å². The van der Waals surface area contributed by atoms with Crippen LogP contribution >= 0.6 is 11.6 Å². The second kappa shape index (κ2) is 18.5. The summed E-state index contributed by atoms with van der Waals surface area (Å²) in [6.07, 6.45) is 8.34. The predicted molar refractivity (Wildman–Crippen MR) is 244 cm³/mol. The second-order valence-electron chi connectivity index (χ2n) is 17.6. The molecule has 0 saturated carbocycles. The second-order valence-corrected chi connectivity index (χ2v) is 19.7. The summed E-state index contributed by atoms with van der Waals surface area (Å²) >= 11 is 6.24. The number of H-pyrrole nitrogens is 1. The fourth-order valence-corrected chi connectivity index (χ4v) is 9.21. The van der Waals surface area contributed by atoms with Crippen molar-refractivity contribution in [3.8, 4) is 11.5 Å². The lowest BCUT2D eigenvalue weighted by Crippen LogP contribution is -2.47. The summed E-state index contributed by atoms with van der Waals surface area (Å²) in [6, 6.07) is 20.2. The van der Waals surface area contributed by atoms with Gasteiger partial charge in [-0.1, -0.05) is 43.2 Å². The van der Waals surface area contributed by atoms with Crippen LogP contribution in [0.15, 0.2) is 95.7 Å². The quantitative estimate of drug-likeness (QED) is 0.0421. The number of hydrogen-bond acceptors (Lipinski definition) is 11. The molecular formula is C46H54ClN7O7S. The lowest BCUT2D eigenvalue weighted by molar-refractivity contribution is -0.384. The van der Waals surface area contributed by atoms with Gasteiger partial charge in [0.2, 0.25) is 0 Å². The predicted octanol–water partition coefficient (Wildman–Crippen LogP) is 9.17. The van der Waals surface area contributed by atoms with Gasteiger partial charge in [-0.25, -0.2) is 18.1 Å². The van der Waals surface area contributed by atoms with E-state index in [-0.39, 0.29) is 22.4 Å². The Hall–Kier alpha value is -5.48. The number of nitrogens with one attached hydrogen (secondary N) is 3. The number of halogens is 1. The number of pyridine rings is 1. The van der Waals surface area contributed by atoms with Gasteiger partial charge >= 0.3 is 0 Å². The minimum atomic E-state index is -4.57. The molecule has 0 atom stereocenters. The molecule has 62 heavy (non-hydrogen) atoms. The Morgan fingerprint density at radius 1 is 1.03 bits per heavy atom. The highest BCUT2D eigenvalue weighted by Gasteiger charge is 2.30. The molecule has 1 fully saturated rings. The number of nitro benzene ring substituents is 1. The third kappa shape index (κ3) is 11.1. The molecule has 3 aromatic carbocycles. The van der Waals surface area contributed by atoms with Gasteiger partial charge in [0.25, 0.3) is 21.6 Å². The number of benzene rings is 3. The molecule has 4 N–H and O–H groups in total. The average Bonchev–Trinajstić information content (AvgIpc) is 3.69. The minimum absolute atomic E-state index is 0.0501. The summed E-state index contributed by atoms with van der Waals surface area (Å²) < 4.78 is 35.7. The Morgan fingerprint density at radius 3 is 2.52 bits per heavy atom. The molecule has 0 bridgehead atoms. The van der Waals surface area contributed by atoms with Crippen LogP contribution in [0.5, 0.6) is 11.5 Å². The van der Waals surface area contributed by atoms with Gasteiger partial charge in [0, 0.05) is 73.7 Å². The van der Waals surface area contributed by atoms with Crippen LogP contribution < -0.4 is 19.7 Å². The molecule has 14 nitrogen and oxygen atoms in total. The van der Waals surface area contributed by atoms with Crippen LogP contribution in [0.2, 0.25) is 5.02 Å². The lowest BCUT2D eigenvalue weighted by atomic mass is 9.72. The Morgan fingerprint density at radius 2 is 1.79 bits per heavy atom. The van der Waals surface area contributed by atoms with Crippen molar-refractivity contribution in [1.82, 2.24) is 19.6 Å². The lowest BCUT2D eigenvalue weighted by Gasteiger charge is -2.39. The van der Waals surface area contributed by atoms with Crippen molar-refractivity contribution in [3.05, 3.63) is 117 Å². The molecule has 0 spiro atoms. The maximum absolute atomic E-state index is 13.9. The number of nitro groups is 1. The van der Waals surface area contributed by atoms with Crippen LogP contribution in [-0.4, -0.2) is 84.1 Å². The molecule has 328 valence electrons. The maximum Gasteiger partial charge on any atom is 0.293 e. The van der Waals surface area contributed by atoms with E-state index in [1.54, 1.807) is 38.2 Å². The Kier molecular flexibility index (Phi) is 13.3.